The number of hydrogen-bond donors (Lipinski definition) is 3. The molecular formula is C26H29Cl2N3O3. The van der Waals surface area contributed by atoms with Crippen molar-refractivity contribution < 1.29 is 14.3 Å². The van der Waals surface area contributed by atoms with Crippen LogP contribution in [-0.4, -0.2) is 29.1 Å². The number of H-pyrrole nitrogens is 1. The molecule has 0 radical (unpaired) electrons. The highest BCUT2D eigenvalue weighted by Gasteiger charge is 2.30. The minimum Gasteiger partial charge on any atom is -0.445 e. The van der Waals surface area contributed by atoms with E-state index in [0.717, 1.165) is 47.0 Å². The van der Waals surface area contributed by atoms with Gasteiger partial charge in [-0.15, -0.1) is 0 Å². The van der Waals surface area contributed by atoms with E-state index < -0.39 is 12.1 Å². The van der Waals surface area contributed by atoms with Crippen LogP contribution in [0, 0.1) is 5.92 Å². The summed E-state index contributed by atoms with van der Waals surface area (Å²) in [6.07, 6.45) is 2.40. The van der Waals surface area contributed by atoms with E-state index in [9.17, 15) is 9.59 Å². The van der Waals surface area contributed by atoms with Gasteiger partial charge in [-0.2, -0.15) is 0 Å². The molecule has 0 bridgehead atoms. The Balaban J connectivity index is 1.41. The summed E-state index contributed by atoms with van der Waals surface area (Å²) in [5, 5.41) is 8.09. The second kappa shape index (κ2) is 10.7. The predicted molar refractivity (Wildman–Crippen MR) is 135 cm³/mol. The third-order valence-corrected chi connectivity index (χ3v) is 7.06. The normalized spacial score (nSPS) is 17.0. The number of aromatic nitrogens is 1. The lowest BCUT2D eigenvalue weighted by Crippen LogP contribution is -2.53. The Morgan fingerprint density at radius 3 is 2.71 bits per heavy atom. The molecule has 0 aliphatic heterocycles. The number of benzene rings is 2. The molecule has 3 aromatic rings. The van der Waals surface area contributed by atoms with Crippen LogP contribution < -0.4 is 10.6 Å². The van der Waals surface area contributed by atoms with Gasteiger partial charge in [0.05, 0.1) is 10.5 Å². The number of halogens is 2. The number of nitrogens with one attached hydrogen (secondary N) is 3. The number of aromatic amines is 1. The molecule has 0 fully saturated rings. The molecule has 4 rings (SSSR count). The first-order valence-corrected chi connectivity index (χ1v) is 12.4. The molecule has 2 aromatic carbocycles. The number of alkyl carbamates (subject to hydrolysis) is 1. The van der Waals surface area contributed by atoms with Crippen molar-refractivity contribution in [1.82, 2.24) is 15.6 Å². The summed E-state index contributed by atoms with van der Waals surface area (Å²) in [4.78, 5) is 29.1. The monoisotopic (exact) mass is 501 g/mol. The average Bonchev–Trinajstić information content (AvgIpc) is 3.19. The lowest BCUT2D eigenvalue weighted by Gasteiger charge is -2.28. The van der Waals surface area contributed by atoms with Crippen molar-refractivity contribution in [3.05, 3.63) is 69.3 Å². The molecule has 1 heterocycles. The first kappa shape index (κ1) is 24.4. The smallest absolute Gasteiger partial charge is 0.408 e. The van der Waals surface area contributed by atoms with E-state index in [1.165, 1.54) is 0 Å². The van der Waals surface area contributed by atoms with Gasteiger partial charge in [0.25, 0.3) is 0 Å². The third kappa shape index (κ3) is 5.50. The van der Waals surface area contributed by atoms with E-state index in [1.807, 2.05) is 50.2 Å². The van der Waals surface area contributed by atoms with Crippen molar-refractivity contribution in [3.8, 4) is 0 Å². The summed E-state index contributed by atoms with van der Waals surface area (Å²) in [6, 6.07) is 12.4. The molecule has 0 spiro atoms. The number of rotatable bonds is 7. The first-order chi connectivity index (χ1) is 16.4. The molecule has 2 amide bonds. The zero-order valence-electron chi connectivity index (χ0n) is 19.3. The van der Waals surface area contributed by atoms with Gasteiger partial charge in [-0.1, -0.05) is 73.8 Å². The Bertz CT molecular complexity index is 1180. The molecule has 1 aliphatic carbocycles. The predicted octanol–water partition coefficient (Wildman–Crippen LogP) is 5.79. The molecule has 34 heavy (non-hydrogen) atoms. The highest BCUT2D eigenvalue weighted by Crippen LogP contribution is 2.35. The minimum absolute atomic E-state index is 0.0471. The third-order valence-electron chi connectivity index (χ3n) is 6.54. The number of carbonyl (C=O) groups excluding carboxylic acids is 2. The zero-order valence-corrected chi connectivity index (χ0v) is 20.8. The van der Waals surface area contributed by atoms with Crippen LogP contribution in [0.25, 0.3) is 10.9 Å². The lowest BCUT2D eigenvalue weighted by atomic mass is 9.90. The first-order valence-electron chi connectivity index (χ1n) is 11.6. The Labute approximate surface area is 209 Å². The summed E-state index contributed by atoms with van der Waals surface area (Å²) >= 11 is 12.6. The van der Waals surface area contributed by atoms with E-state index in [4.69, 9.17) is 27.9 Å². The van der Waals surface area contributed by atoms with Gasteiger partial charge in [-0.05, 0) is 48.4 Å². The zero-order chi connectivity index (χ0) is 24.2. The van der Waals surface area contributed by atoms with Gasteiger partial charge >= 0.3 is 6.09 Å². The lowest BCUT2D eigenvalue weighted by molar-refractivity contribution is -0.125. The number of amides is 2. The fraction of sp³-hybridized carbons (Fsp3) is 0.385. The summed E-state index contributed by atoms with van der Waals surface area (Å²) in [5.41, 5.74) is 4.03. The fourth-order valence-corrected chi connectivity index (χ4v) is 4.99. The Hall–Kier alpha value is -2.70. The van der Waals surface area contributed by atoms with Crippen molar-refractivity contribution in [3.63, 3.8) is 0 Å². The summed E-state index contributed by atoms with van der Waals surface area (Å²) in [7, 11) is 0. The van der Waals surface area contributed by atoms with Crippen molar-refractivity contribution in [2.75, 3.05) is 0 Å². The Morgan fingerprint density at radius 2 is 1.97 bits per heavy atom. The molecule has 0 saturated heterocycles. The second-order valence-electron chi connectivity index (χ2n) is 8.91. The second-order valence-corrected chi connectivity index (χ2v) is 9.75. The summed E-state index contributed by atoms with van der Waals surface area (Å²) < 4.78 is 5.34. The molecule has 8 heteroatoms. The SMILES string of the molecule is CCC(C)[C@H](NC(=O)OCc1ccccc1)C(=O)NC1CCc2[nH]c3c(Cl)cc(Cl)cc3c2C1. The minimum atomic E-state index is -0.679. The van der Waals surface area contributed by atoms with Gasteiger partial charge in [0.2, 0.25) is 5.91 Å². The van der Waals surface area contributed by atoms with Crippen LogP contribution in [0.2, 0.25) is 10.0 Å². The van der Waals surface area contributed by atoms with Gasteiger partial charge in [0.1, 0.15) is 12.6 Å². The molecule has 6 nitrogen and oxygen atoms in total. The van der Waals surface area contributed by atoms with Crippen LogP contribution in [0.1, 0.15) is 43.5 Å². The Morgan fingerprint density at radius 1 is 1.21 bits per heavy atom. The van der Waals surface area contributed by atoms with Crippen LogP contribution in [-0.2, 0) is 29.0 Å². The van der Waals surface area contributed by atoms with Crippen molar-refractivity contribution in [2.24, 2.45) is 5.92 Å². The van der Waals surface area contributed by atoms with Crippen LogP contribution in [0.3, 0.4) is 0 Å². The van der Waals surface area contributed by atoms with Gasteiger partial charge in [0, 0.05) is 22.1 Å². The number of hydrogen-bond acceptors (Lipinski definition) is 3. The van der Waals surface area contributed by atoms with Gasteiger partial charge in [-0.25, -0.2) is 4.79 Å². The van der Waals surface area contributed by atoms with Crippen LogP contribution in [0.5, 0.6) is 0 Å². The van der Waals surface area contributed by atoms with Gasteiger partial charge < -0.3 is 20.4 Å². The molecule has 3 atom stereocenters. The summed E-state index contributed by atoms with van der Waals surface area (Å²) in [6.45, 7) is 4.09. The maximum atomic E-state index is 13.2. The van der Waals surface area contributed by atoms with E-state index in [-0.39, 0.29) is 24.5 Å². The van der Waals surface area contributed by atoms with Gasteiger partial charge in [-0.3, -0.25) is 4.79 Å². The van der Waals surface area contributed by atoms with Crippen molar-refractivity contribution in [2.45, 2.75) is 58.2 Å². The number of fused-ring (bicyclic) bond motifs is 3. The van der Waals surface area contributed by atoms with Crippen LogP contribution in [0.15, 0.2) is 42.5 Å². The molecule has 1 aliphatic rings. The number of carbonyl (C=O) groups is 2. The maximum Gasteiger partial charge on any atom is 0.408 e. The highest BCUT2D eigenvalue weighted by molar-refractivity contribution is 6.38. The van der Waals surface area contributed by atoms with Crippen LogP contribution >= 0.6 is 23.2 Å². The van der Waals surface area contributed by atoms with E-state index in [1.54, 1.807) is 6.07 Å². The molecule has 3 N–H and O–H groups in total. The van der Waals surface area contributed by atoms with Crippen molar-refractivity contribution >= 4 is 46.1 Å². The Kier molecular flexibility index (Phi) is 7.69. The van der Waals surface area contributed by atoms with Crippen LogP contribution in [0.4, 0.5) is 4.79 Å². The molecule has 2 unspecified atom stereocenters. The van der Waals surface area contributed by atoms with E-state index in [0.29, 0.717) is 16.5 Å². The number of ether oxygens (including phenoxy) is 1. The number of aryl methyl sites for hydroxylation is 1. The molecule has 0 saturated carbocycles. The topological polar surface area (TPSA) is 83.2 Å². The van der Waals surface area contributed by atoms with E-state index >= 15 is 0 Å². The summed E-state index contributed by atoms with van der Waals surface area (Å²) in [5.74, 6) is -0.246. The standard InChI is InChI=1S/C26H29Cl2N3O3/c1-3-15(2)23(31-26(33)34-14-16-7-5-4-6-8-16)25(32)29-18-9-10-22-19(13-18)20-11-17(27)12-21(28)24(20)30-22/h4-8,11-12,15,18,23,30H,3,9-10,13-14H2,1-2H3,(H,29,32)(H,31,33)/t15?,18?,23-/m0/s1. The highest BCUT2D eigenvalue weighted by atomic mass is 35.5. The molecular weight excluding hydrogens is 473 g/mol. The quantitative estimate of drug-likeness (QED) is 0.383. The van der Waals surface area contributed by atoms with Crippen molar-refractivity contribution in [1.29, 1.82) is 0 Å². The average molecular weight is 502 g/mol. The molecule has 180 valence electrons. The molecule has 1 aromatic heterocycles. The maximum absolute atomic E-state index is 13.2. The van der Waals surface area contributed by atoms with Gasteiger partial charge in [0.15, 0.2) is 0 Å². The fourth-order valence-electron chi connectivity index (χ4n) is 4.45. The largest absolute Gasteiger partial charge is 0.445 e. The van der Waals surface area contributed by atoms with E-state index in [2.05, 4.69) is 15.6 Å².